The molecule has 2 aromatic heterocycles. The van der Waals surface area contributed by atoms with E-state index in [0.717, 1.165) is 23.6 Å². The third kappa shape index (κ3) is 5.16. The van der Waals surface area contributed by atoms with Gasteiger partial charge in [0.15, 0.2) is 11.4 Å². The number of alkyl halides is 6. The van der Waals surface area contributed by atoms with Crippen LogP contribution < -0.4 is 5.32 Å². The van der Waals surface area contributed by atoms with Gasteiger partial charge in [-0.15, -0.1) is 0 Å². The van der Waals surface area contributed by atoms with Crippen molar-refractivity contribution in [3.63, 3.8) is 0 Å². The van der Waals surface area contributed by atoms with E-state index in [1.54, 1.807) is 0 Å². The van der Waals surface area contributed by atoms with E-state index in [2.05, 4.69) is 31.4 Å². The van der Waals surface area contributed by atoms with Gasteiger partial charge in [0.25, 0.3) is 0 Å². The molecule has 0 bridgehead atoms. The molecule has 0 aromatic carbocycles. The lowest BCUT2D eigenvalue weighted by Crippen LogP contribution is -2.30. The molecule has 0 atom stereocenters. The van der Waals surface area contributed by atoms with E-state index in [1.807, 2.05) is 0 Å². The maximum atomic E-state index is 12.9. The predicted octanol–water partition coefficient (Wildman–Crippen LogP) is 4.27. The molecule has 3 rings (SSSR count). The fourth-order valence-electron chi connectivity index (χ4n) is 2.96. The Bertz CT molecular complexity index is 928. The van der Waals surface area contributed by atoms with Crippen LogP contribution in [0.15, 0.2) is 10.5 Å². The second-order valence-electron chi connectivity index (χ2n) is 7.06. The van der Waals surface area contributed by atoms with Crippen molar-refractivity contribution in [3.8, 4) is 0 Å². The van der Waals surface area contributed by atoms with E-state index in [-0.39, 0.29) is 29.2 Å². The average molecular weight is 502 g/mol. The van der Waals surface area contributed by atoms with Crippen molar-refractivity contribution in [1.29, 1.82) is 0 Å². The van der Waals surface area contributed by atoms with Gasteiger partial charge in [-0.3, -0.25) is 14.2 Å². The molecule has 0 spiro atoms. The van der Waals surface area contributed by atoms with Crippen molar-refractivity contribution in [2.45, 2.75) is 57.5 Å². The van der Waals surface area contributed by atoms with Crippen LogP contribution in [0.1, 0.15) is 48.0 Å². The third-order valence-corrected chi connectivity index (χ3v) is 5.61. The Morgan fingerprint density at radius 1 is 1.17 bits per heavy atom. The molecular weight excluding hydrogens is 484 g/mol. The van der Waals surface area contributed by atoms with Crippen LogP contribution in [0.5, 0.6) is 0 Å². The summed E-state index contributed by atoms with van der Waals surface area (Å²) in [7, 11) is 0. The van der Waals surface area contributed by atoms with Gasteiger partial charge in [0.1, 0.15) is 6.54 Å². The summed E-state index contributed by atoms with van der Waals surface area (Å²) in [6.45, 7) is 1.31. The molecule has 0 radical (unpaired) electrons. The van der Waals surface area contributed by atoms with E-state index in [9.17, 15) is 31.1 Å². The molecule has 1 aliphatic rings. The molecule has 6 nitrogen and oxygen atoms in total. The second-order valence-corrected chi connectivity index (χ2v) is 7.85. The number of aromatic nitrogens is 4. The van der Waals surface area contributed by atoms with Crippen LogP contribution in [-0.2, 0) is 30.2 Å². The van der Waals surface area contributed by atoms with Gasteiger partial charge in [-0.1, -0.05) is 0 Å². The highest BCUT2D eigenvalue weighted by Crippen LogP contribution is 2.42. The van der Waals surface area contributed by atoms with Crippen molar-refractivity contribution in [2.24, 2.45) is 0 Å². The molecule has 1 saturated carbocycles. The molecule has 1 fully saturated rings. The summed E-state index contributed by atoms with van der Waals surface area (Å²) in [5.41, 5.74) is -1.36. The van der Waals surface area contributed by atoms with Gasteiger partial charge >= 0.3 is 12.4 Å². The Balaban J connectivity index is 1.53. The third-order valence-electron chi connectivity index (χ3n) is 4.66. The van der Waals surface area contributed by atoms with Crippen LogP contribution in [0, 0.1) is 6.92 Å². The van der Waals surface area contributed by atoms with Crippen molar-refractivity contribution >= 4 is 21.8 Å². The first-order valence-electron chi connectivity index (χ1n) is 9.09. The van der Waals surface area contributed by atoms with Gasteiger partial charge in [0.05, 0.1) is 10.2 Å². The minimum Gasteiger partial charge on any atom is -0.354 e. The van der Waals surface area contributed by atoms with Crippen LogP contribution in [0.4, 0.5) is 26.3 Å². The van der Waals surface area contributed by atoms with E-state index in [4.69, 9.17) is 0 Å². The molecular formula is C17H18BrF6N5O. The largest absolute Gasteiger partial charge is 0.436 e. The van der Waals surface area contributed by atoms with E-state index < -0.39 is 36.2 Å². The fraction of sp³-hybridized carbons (Fsp3) is 0.588. The summed E-state index contributed by atoms with van der Waals surface area (Å²) < 4.78 is 79.3. The summed E-state index contributed by atoms with van der Waals surface area (Å²) in [6.07, 6.45) is -7.21. The average Bonchev–Trinajstić information content (AvgIpc) is 3.31. The lowest BCUT2D eigenvalue weighted by atomic mass is 10.2. The topological polar surface area (TPSA) is 64.7 Å². The van der Waals surface area contributed by atoms with Crippen LogP contribution in [0.25, 0.3) is 0 Å². The smallest absolute Gasteiger partial charge is 0.354 e. The molecule has 30 heavy (non-hydrogen) atoms. The Labute approximate surface area is 175 Å². The number of amides is 1. The Morgan fingerprint density at radius 2 is 1.83 bits per heavy atom. The molecule has 1 aliphatic carbocycles. The molecule has 2 aromatic rings. The highest BCUT2D eigenvalue weighted by atomic mass is 79.9. The van der Waals surface area contributed by atoms with Gasteiger partial charge < -0.3 is 5.32 Å². The van der Waals surface area contributed by atoms with Crippen molar-refractivity contribution in [3.05, 3.63) is 33.3 Å². The lowest BCUT2D eigenvalue weighted by molar-refractivity contribution is -0.142. The molecule has 0 unspecified atom stereocenters. The van der Waals surface area contributed by atoms with Crippen molar-refractivity contribution in [1.82, 2.24) is 24.9 Å². The summed E-state index contributed by atoms with van der Waals surface area (Å²) in [5.74, 6) is -0.479. The minimum absolute atomic E-state index is 0.0762. The standard InChI is InChI=1S/C17H18BrF6N5O/c1-9-14(18)15(17(22,23)24)27-29(9)8-13(30)25-5-2-6-28-11(10-3-4-10)7-12(26-28)16(19,20)21/h7,10H,2-6,8H2,1H3,(H,25,30). The predicted molar refractivity (Wildman–Crippen MR) is 96.5 cm³/mol. The summed E-state index contributed by atoms with van der Waals surface area (Å²) in [4.78, 5) is 12.0. The SMILES string of the molecule is Cc1c(Br)c(C(F)(F)F)nn1CC(=O)NCCCn1nc(C(F)(F)F)cc1C1CC1. The number of nitrogens with zero attached hydrogens (tertiary/aromatic N) is 4. The molecule has 1 N–H and O–H groups in total. The van der Waals surface area contributed by atoms with Gasteiger partial charge in [-0.05, 0) is 48.2 Å². The number of aryl methyl sites for hydroxylation is 1. The number of carbonyl (C=O) groups excluding carboxylic acids is 1. The zero-order valence-electron chi connectivity index (χ0n) is 15.7. The Hall–Kier alpha value is -2.05. The molecule has 0 aliphatic heterocycles. The van der Waals surface area contributed by atoms with E-state index >= 15 is 0 Å². The Kier molecular flexibility index (Phi) is 6.21. The summed E-state index contributed by atoms with van der Waals surface area (Å²) >= 11 is 2.83. The zero-order chi connectivity index (χ0) is 22.3. The van der Waals surface area contributed by atoms with Crippen LogP contribution in [0.2, 0.25) is 0 Å². The maximum absolute atomic E-state index is 12.9. The number of nitrogens with one attached hydrogen (secondary N) is 1. The highest BCUT2D eigenvalue weighted by Gasteiger charge is 2.39. The number of hydrogen-bond acceptors (Lipinski definition) is 3. The monoisotopic (exact) mass is 501 g/mol. The Morgan fingerprint density at radius 3 is 2.37 bits per heavy atom. The lowest BCUT2D eigenvalue weighted by Gasteiger charge is -2.09. The second kappa shape index (κ2) is 8.23. The van der Waals surface area contributed by atoms with Crippen LogP contribution in [0.3, 0.4) is 0 Å². The molecule has 2 heterocycles. The highest BCUT2D eigenvalue weighted by molar-refractivity contribution is 9.10. The molecule has 13 heteroatoms. The van der Waals surface area contributed by atoms with Gasteiger partial charge in [-0.25, -0.2) is 0 Å². The minimum atomic E-state index is -4.65. The van der Waals surface area contributed by atoms with E-state index in [0.29, 0.717) is 12.1 Å². The van der Waals surface area contributed by atoms with Crippen molar-refractivity contribution < 1.29 is 31.1 Å². The first-order chi connectivity index (χ1) is 13.9. The quantitative estimate of drug-likeness (QED) is 0.455. The number of carbonyl (C=O) groups is 1. The van der Waals surface area contributed by atoms with E-state index in [1.165, 1.54) is 11.6 Å². The van der Waals surface area contributed by atoms with Gasteiger partial charge in [-0.2, -0.15) is 36.5 Å². The molecule has 1 amide bonds. The number of hydrogen-bond donors (Lipinski definition) is 1. The van der Waals surface area contributed by atoms with Crippen molar-refractivity contribution in [2.75, 3.05) is 6.54 Å². The first-order valence-corrected chi connectivity index (χ1v) is 9.89. The first kappa shape index (κ1) is 22.6. The molecule has 166 valence electrons. The van der Waals surface area contributed by atoms with Crippen LogP contribution in [-0.4, -0.2) is 32.0 Å². The fourth-order valence-corrected chi connectivity index (χ4v) is 3.47. The van der Waals surface area contributed by atoms with Crippen LogP contribution >= 0.6 is 15.9 Å². The zero-order valence-corrected chi connectivity index (χ0v) is 17.3. The number of halogens is 7. The normalized spacial score (nSPS) is 14.9. The summed E-state index contributed by atoms with van der Waals surface area (Å²) in [6, 6.07) is 1.06. The van der Waals surface area contributed by atoms with Gasteiger partial charge in [0, 0.05) is 24.7 Å². The molecule has 0 saturated heterocycles. The number of rotatable bonds is 7. The summed E-state index contributed by atoms with van der Waals surface area (Å²) in [5, 5.41) is 9.59. The maximum Gasteiger partial charge on any atom is 0.436 e. The van der Waals surface area contributed by atoms with Gasteiger partial charge in [0.2, 0.25) is 5.91 Å².